The first-order valence-electron chi connectivity index (χ1n) is 6.06. The summed E-state index contributed by atoms with van der Waals surface area (Å²) in [6.07, 6.45) is 0.502. The van der Waals surface area contributed by atoms with Gasteiger partial charge in [0.2, 0.25) is 6.17 Å². The van der Waals surface area contributed by atoms with Crippen LogP contribution in [0, 0.1) is 0 Å². The smallest absolute Gasteiger partial charge is 0.250 e. The molecule has 1 aliphatic rings. The zero-order valence-corrected chi connectivity index (χ0v) is 11.6. The van der Waals surface area contributed by atoms with E-state index in [2.05, 4.69) is 11.9 Å². The van der Waals surface area contributed by atoms with Crippen molar-refractivity contribution in [2.24, 2.45) is 0 Å². The third-order valence-corrected chi connectivity index (χ3v) is 3.03. The Morgan fingerprint density at radius 3 is 2.44 bits per heavy atom. The van der Waals surface area contributed by atoms with Crippen molar-refractivity contribution < 1.29 is 24.0 Å². The van der Waals surface area contributed by atoms with Gasteiger partial charge in [0.15, 0.2) is 6.54 Å². The van der Waals surface area contributed by atoms with E-state index in [1.54, 1.807) is 21.1 Å². The van der Waals surface area contributed by atoms with E-state index in [0.29, 0.717) is 25.1 Å². The molecule has 0 spiro atoms. The predicted molar refractivity (Wildman–Crippen MR) is 65.9 cm³/mol. The fraction of sp³-hybridized carbons (Fsp3) is 0.750. The molecule has 0 radical (unpaired) electrons. The van der Waals surface area contributed by atoms with Crippen LogP contribution < -0.4 is 5.32 Å². The first-order chi connectivity index (χ1) is 8.49. The highest BCUT2D eigenvalue weighted by atomic mass is 17.0. The number of rotatable bonds is 8. The van der Waals surface area contributed by atoms with Gasteiger partial charge in [-0.1, -0.05) is 13.5 Å². The molecule has 104 valence electrons. The van der Waals surface area contributed by atoms with Crippen LogP contribution in [-0.4, -0.2) is 50.4 Å². The third-order valence-electron chi connectivity index (χ3n) is 3.03. The normalized spacial score (nSPS) is 20.3. The summed E-state index contributed by atoms with van der Waals surface area (Å²) in [6, 6.07) is 0. The molecule has 6 heteroatoms. The number of hydrogen-bond donors (Lipinski definition) is 1. The Morgan fingerprint density at radius 1 is 1.56 bits per heavy atom. The van der Waals surface area contributed by atoms with Crippen LogP contribution in [0.4, 0.5) is 0 Å². The monoisotopic (exact) mass is 259 g/mol. The minimum atomic E-state index is -0.298. The molecule has 0 aromatic heterocycles. The SMILES string of the molecule is C=C(C)C(=O)NC(CC)[N+](CC1CO1)(OC)OC. The van der Waals surface area contributed by atoms with Crippen molar-refractivity contribution in [2.75, 3.05) is 27.4 Å². The molecule has 1 aliphatic heterocycles. The maximum absolute atomic E-state index is 11.7. The first kappa shape index (κ1) is 15.1. The molecule has 1 rings (SSSR count). The van der Waals surface area contributed by atoms with E-state index in [1.807, 2.05) is 6.92 Å². The van der Waals surface area contributed by atoms with Crippen molar-refractivity contribution in [3.63, 3.8) is 0 Å². The number of hydroxylamine groups is 4. The van der Waals surface area contributed by atoms with Gasteiger partial charge in [0.25, 0.3) is 5.91 Å². The van der Waals surface area contributed by atoms with Gasteiger partial charge in [-0.3, -0.25) is 10.1 Å². The van der Waals surface area contributed by atoms with Crippen LogP contribution in [0.25, 0.3) is 0 Å². The average Bonchev–Trinajstić information content (AvgIpc) is 3.16. The van der Waals surface area contributed by atoms with Crippen LogP contribution in [0.1, 0.15) is 20.3 Å². The molecule has 18 heavy (non-hydrogen) atoms. The van der Waals surface area contributed by atoms with Gasteiger partial charge >= 0.3 is 0 Å². The number of nitrogens with one attached hydrogen (secondary N) is 1. The average molecular weight is 259 g/mol. The molecule has 1 amide bonds. The molecule has 0 aromatic rings. The number of ether oxygens (including phenoxy) is 1. The predicted octanol–water partition coefficient (Wildman–Crippen LogP) is 0.753. The van der Waals surface area contributed by atoms with Crippen molar-refractivity contribution in [2.45, 2.75) is 32.5 Å². The number of carbonyl (C=O) groups excluding carboxylic acids is 1. The van der Waals surface area contributed by atoms with Crippen molar-refractivity contribution in [3.05, 3.63) is 12.2 Å². The topological polar surface area (TPSA) is 60.1 Å². The maximum Gasteiger partial charge on any atom is 0.250 e. The zero-order valence-electron chi connectivity index (χ0n) is 11.6. The van der Waals surface area contributed by atoms with E-state index < -0.39 is 0 Å². The second kappa shape index (κ2) is 6.29. The highest BCUT2D eigenvalue weighted by Gasteiger charge is 2.46. The highest BCUT2D eigenvalue weighted by molar-refractivity contribution is 5.92. The number of nitrogens with zero attached hydrogens (tertiary/aromatic N) is 1. The Kier molecular flexibility index (Phi) is 5.28. The summed E-state index contributed by atoms with van der Waals surface area (Å²) in [5.41, 5.74) is 0.460. The van der Waals surface area contributed by atoms with Gasteiger partial charge in [-0.05, 0) is 11.7 Å². The summed E-state index contributed by atoms with van der Waals surface area (Å²) in [4.78, 5) is 22.5. The van der Waals surface area contributed by atoms with Gasteiger partial charge in [0.05, 0.1) is 20.8 Å². The lowest BCUT2D eigenvalue weighted by atomic mass is 10.2. The van der Waals surface area contributed by atoms with Crippen LogP contribution in [-0.2, 0) is 19.2 Å². The first-order valence-corrected chi connectivity index (χ1v) is 6.06. The van der Waals surface area contributed by atoms with Crippen LogP contribution >= 0.6 is 0 Å². The molecular formula is C12H23N2O4+. The van der Waals surface area contributed by atoms with Gasteiger partial charge < -0.3 is 4.74 Å². The third kappa shape index (κ3) is 3.52. The number of amides is 1. The Bertz CT molecular complexity index is 311. The molecule has 0 aliphatic carbocycles. The number of carbonyl (C=O) groups is 1. The van der Waals surface area contributed by atoms with Crippen LogP contribution in [0.15, 0.2) is 12.2 Å². The van der Waals surface area contributed by atoms with E-state index in [1.165, 1.54) is 0 Å². The maximum atomic E-state index is 11.7. The Balaban J connectivity index is 2.78. The highest BCUT2D eigenvalue weighted by Crippen LogP contribution is 2.22. The Hall–Kier alpha value is -0.950. The van der Waals surface area contributed by atoms with Crippen LogP contribution in [0.2, 0.25) is 0 Å². The summed E-state index contributed by atoms with van der Waals surface area (Å²) in [5.74, 6) is -0.199. The van der Waals surface area contributed by atoms with E-state index in [0.717, 1.165) is 0 Å². The van der Waals surface area contributed by atoms with E-state index in [9.17, 15) is 4.79 Å². The standard InChI is InChI=1S/C12H22N2O4/c1-6-11(13-12(15)9(2)3)14(16-4,17-5)7-10-8-18-10/h10-11H,2,6-8H2,1,3-5H3/p+1. The summed E-state index contributed by atoms with van der Waals surface area (Å²) in [6.45, 7) is 8.50. The summed E-state index contributed by atoms with van der Waals surface area (Å²) < 4.78 is 5.21. The lowest BCUT2D eigenvalue weighted by Crippen LogP contribution is -2.62. The minimum absolute atomic E-state index is 0.111. The zero-order chi connectivity index (χ0) is 13.8. The van der Waals surface area contributed by atoms with E-state index in [4.69, 9.17) is 14.4 Å². The molecule has 6 nitrogen and oxygen atoms in total. The van der Waals surface area contributed by atoms with Crippen molar-refractivity contribution in [3.8, 4) is 0 Å². The van der Waals surface area contributed by atoms with Crippen molar-refractivity contribution >= 4 is 5.91 Å². The lowest BCUT2D eigenvalue weighted by molar-refractivity contribution is -1.26. The summed E-state index contributed by atoms with van der Waals surface area (Å²) >= 11 is 0. The van der Waals surface area contributed by atoms with Gasteiger partial charge in [-0.25, -0.2) is 0 Å². The van der Waals surface area contributed by atoms with Gasteiger partial charge in [-0.2, -0.15) is 9.68 Å². The number of epoxide rings is 1. The minimum Gasteiger partial charge on any atom is -0.367 e. The Morgan fingerprint density at radius 2 is 2.11 bits per heavy atom. The van der Waals surface area contributed by atoms with Crippen molar-refractivity contribution in [1.82, 2.24) is 5.32 Å². The summed E-state index contributed by atoms with van der Waals surface area (Å²) in [7, 11) is 3.11. The van der Waals surface area contributed by atoms with Crippen LogP contribution in [0.5, 0.6) is 0 Å². The van der Waals surface area contributed by atoms with Crippen LogP contribution in [0.3, 0.4) is 0 Å². The molecule has 1 fully saturated rings. The molecule has 0 bridgehead atoms. The summed E-state index contributed by atoms with van der Waals surface area (Å²) in [5, 5.41) is 2.87. The fourth-order valence-corrected chi connectivity index (χ4v) is 1.82. The second-order valence-electron chi connectivity index (χ2n) is 4.41. The van der Waals surface area contributed by atoms with E-state index in [-0.39, 0.29) is 23.0 Å². The van der Waals surface area contributed by atoms with Gasteiger partial charge in [0.1, 0.15) is 6.10 Å². The fourth-order valence-electron chi connectivity index (χ4n) is 1.82. The van der Waals surface area contributed by atoms with Crippen molar-refractivity contribution in [1.29, 1.82) is 0 Å². The molecule has 2 unspecified atom stereocenters. The Labute approximate surface area is 108 Å². The molecule has 1 N–H and O–H groups in total. The van der Waals surface area contributed by atoms with E-state index >= 15 is 0 Å². The molecule has 1 heterocycles. The van der Waals surface area contributed by atoms with Gasteiger partial charge in [0, 0.05) is 12.0 Å². The molecule has 1 saturated heterocycles. The molecular weight excluding hydrogens is 236 g/mol. The molecule has 0 aromatic carbocycles. The van der Waals surface area contributed by atoms with Gasteiger partial charge in [-0.15, -0.1) is 0 Å². The molecule has 2 atom stereocenters. The quantitative estimate of drug-likeness (QED) is 0.230. The molecule has 0 saturated carbocycles. The number of quaternary nitrogens is 1. The second-order valence-corrected chi connectivity index (χ2v) is 4.41. The largest absolute Gasteiger partial charge is 0.367 e. The number of hydrogen-bond acceptors (Lipinski definition) is 4. The lowest BCUT2D eigenvalue weighted by Gasteiger charge is -2.36.